The lowest BCUT2D eigenvalue weighted by molar-refractivity contribution is 0.182. The first-order valence-electron chi connectivity index (χ1n) is 6.83. The van der Waals surface area contributed by atoms with Crippen LogP contribution in [0.25, 0.3) is 0 Å². The van der Waals surface area contributed by atoms with Crippen LogP contribution in [0.3, 0.4) is 0 Å². The fourth-order valence-electron chi connectivity index (χ4n) is 2.39. The average Bonchev–Trinajstić information content (AvgIpc) is 3.02. The van der Waals surface area contributed by atoms with Crippen LogP contribution in [-0.2, 0) is 0 Å². The van der Waals surface area contributed by atoms with Gasteiger partial charge in [-0.3, -0.25) is 0 Å². The fourth-order valence-corrected chi connectivity index (χ4v) is 2.39. The molecule has 0 aromatic rings. The van der Waals surface area contributed by atoms with Crippen molar-refractivity contribution < 1.29 is 5.11 Å². The van der Waals surface area contributed by atoms with E-state index in [4.69, 9.17) is 0 Å². The van der Waals surface area contributed by atoms with E-state index in [2.05, 4.69) is 17.3 Å². The summed E-state index contributed by atoms with van der Waals surface area (Å²) in [5.41, 5.74) is 0. The van der Waals surface area contributed by atoms with E-state index in [1.165, 1.54) is 38.6 Å². The fraction of sp³-hybridized carbons (Fsp3) is 1.00. The third-order valence-electron chi connectivity index (χ3n) is 3.92. The van der Waals surface area contributed by atoms with Crippen LogP contribution in [0.5, 0.6) is 0 Å². The molecule has 3 nitrogen and oxygen atoms in total. The summed E-state index contributed by atoms with van der Waals surface area (Å²) in [7, 11) is 2.21. The Labute approximate surface area is 99.2 Å². The summed E-state index contributed by atoms with van der Waals surface area (Å²) in [6.45, 7) is 2.65. The third-order valence-corrected chi connectivity index (χ3v) is 3.92. The number of rotatable bonds is 8. The predicted octanol–water partition coefficient (Wildman–Crippen LogP) is 1.22. The third kappa shape index (κ3) is 4.04. The van der Waals surface area contributed by atoms with Gasteiger partial charge in [0.15, 0.2) is 0 Å². The van der Waals surface area contributed by atoms with Gasteiger partial charge in [-0.25, -0.2) is 0 Å². The van der Waals surface area contributed by atoms with Gasteiger partial charge in [0.05, 0.1) is 6.61 Å². The van der Waals surface area contributed by atoms with Gasteiger partial charge in [0.2, 0.25) is 0 Å². The first-order chi connectivity index (χ1) is 7.78. The Morgan fingerprint density at radius 1 is 1.31 bits per heavy atom. The maximum absolute atomic E-state index is 9.27. The first-order valence-corrected chi connectivity index (χ1v) is 6.83. The highest BCUT2D eigenvalue weighted by Gasteiger charge is 2.24. The quantitative estimate of drug-likeness (QED) is 0.653. The molecule has 2 N–H and O–H groups in total. The molecule has 3 heteroatoms. The number of hydrogen-bond donors (Lipinski definition) is 2. The molecule has 2 fully saturated rings. The summed E-state index contributed by atoms with van der Waals surface area (Å²) >= 11 is 0. The van der Waals surface area contributed by atoms with Crippen molar-refractivity contribution in [3.63, 3.8) is 0 Å². The molecule has 0 spiro atoms. The number of nitrogens with one attached hydrogen (secondary N) is 1. The van der Waals surface area contributed by atoms with Crippen molar-refractivity contribution in [2.24, 2.45) is 5.92 Å². The minimum atomic E-state index is 0.285. The van der Waals surface area contributed by atoms with Gasteiger partial charge in [0.25, 0.3) is 0 Å². The molecule has 1 atom stereocenters. The molecule has 0 bridgehead atoms. The van der Waals surface area contributed by atoms with Crippen molar-refractivity contribution >= 4 is 0 Å². The Balaban J connectivity index is 1.55. The van der Waals surface area contributed by atoms with E-state index < -0.39 is 0 Å². The lowest BCUT2D eigenvalue weighted by atomic mass is 9.85. The zero-order valence-electron chi connectivity index (χ0n) is 10.5. The molecule has 2 aliphatic carbocycles. The van der Waals surface area contributed by atoms with Crippen LogP contribution >= 0.6 is 0 Å². The van der Waals surface area contributed by atoms with Gasteiger partial charge in [-0.05, 0) is 51.6 Å². The Kier molecular flexibility index (Phi) is 4.62. The maximum atomic E-state index is 9.27. The van der Waals surface area contributed by atoms with Gasteiger partial charge in [0, 0.05) is 18.6 Å². The Bertz CT molecular complexity index is 202. The van der Waals surface area contributed by atoms with Crippen LogP contribution in [0.15, 0.2) is 0 Å². The molecule has 2 aliphatic rings. The SMILES string of the molecule is CN(CCC(CO)NC1CC1)CC1CCC1. The number of aliphatic hydroxyl groups excluding tert-OH is 1. The minimum Gasteiger partial charge on any atom is -0.395 e. The normalized spacial score (nSPS) is 23.4. The molecule has 16 heavy (non-hydrogen) atoms. The molecular weight excluding hydrogens is 200 g/mol. The van der Waals surface area contributed by atoms with E-state index in [9.17, 15) is 5.11 Å². The lowest BCUT2D eigenvalue weighted by Crippen LogP contribution is -2.38. The second-order valence-corrected chi connectivity index (χ2v) is 5.67. The molecule has 0 heterocycles. The summed E-state index contributed by atoms with van der Waals surface area (Å²) in [6.07, 6.45) is 7.96. The van der Waals surface area contributed by atoms with Crippen LogP contribution in [-0.4, -0.2) is 48.8 Å². The second kappa shape index (κ2) is 5.99. The minimum absolute atomic E-state index is 0.285. The van der Waals surface area contributed by atoms with Gasteiger partial charge in [-0.1, -0.05) is 6.42 Å². The van der Waals surface area contributed by atoms with Crippen LogP contribution in [0.1, 0.15) is 38.5 Å². The molecule has 0 aromatic heterocycles. The highest BCUT2D eigenvalue weighted by molar-refractivity contribution is 4.85. The number of hydrogen-bond acceptors (Lipinski definition) is 3. The van der Waals surface area contributed by atoms with E-state index in [-0.39, 0.29) is 6.61 Å². The van der Waals surface area contributed by atoms with E-state index in [0.29, 0.717) is 12.1 Å². The van der Waals surface area contributed by atoms with E-state index in [0.717, 1.165) is 18.9 Å². The van der Waals surface area contributed by atoms with Crippen molar-refractivity contribution in [2.45, 2.75) is 50.6 Å². The summed E-state index contributed by atoms with van der Waals surface area (Å²) in [5.74, 6) is 0.953. The molecule has 0 amide bonds. The summed E-state index contributed by atoms with van der Waals surface area (Å²) in [5, 5.41) is 12.8. The van der Waals surface area contributed by atoms with Crippen molar-refractivity contribution in [1.29, 1.82) is 0 Å². The van der Waals surface area contributed by atoms with Gasteiger partial charge in [0.1, 0.15) is 0 Å². The first kappa shape index (κ1) is 12.3. The Morgan fingerprint density at radius 3 is 2.56 bits per heavy atom. The van der Waals surface area contributed by atoms with Gasteiger partial charge in [-0.15, -0.1) is 0 Å². The van der Waals surface area contributed by atoms with E-state index in [1.54, 1.807) is 0 Å². The highest BCUT2D eigenvalue weighted by Crippen LogP contribution is 2.26. The molecule has 94 valence electrons. The molecule has 0 aliphatic heterocycles. The van der Waals surface area contributed by atoms with Crippen molar-refractivity contribution in [3.05, 3.63) is 0 Å². The number of aliphatic hydroxyl groups is 1. The summed E-state index contributed by atoms with van der Waals surface area (Å²) in [4.78, 5) is 2.43. The topological polar surface area (TPSA) is 35.5 Å². The predicted molar refractivity (Wildman–Crippen MR) is 66.5 cm³/mol. The molecular formula is C13H26N2O. The van der Waals surface area contributed by atoms with Gasteiger partial charge >= 0.3 is 0 Å². The standard InChI is InChI=1S/C13H26N2O/c1-15(9-11-3-2-4-11)8-7-13(10-16)14-12-5-6-12/h11-14,16H,2-10H2,1H3. The lowest BCUT2D eigenvalue weighted by Gasteiger charge is -2.30. The Hall–Kier alpha value is -0.120. The van der Waals surface area contributed by atoms with E-state index >= 15 is 0 Å². The molecule has 1 unspecified atom stereocenters. The largest absolute Gasteiger partial charge is 0.395 e. The van der Waals surface area contributed by atoms with Gasteiger partial charge < -0.3 is 15.3 Å². The van der Waals surface area contributed by atoms with Gasteiger partial charge in [-0.2, -0.15) is 0 Å². The average molecular weight is 226 g/mol. The van der Waals surface area contributed by atoms with Crippen LogP contribution < -0.4 is 5.32 Å². The molecule has 0 saturated heterocycles. The summed E-state index contributed by atoms with van der Waals surface area (Å²) < 4.78 is 0. The van der Waals surface area contributed by atoms with Crippen LogP contribution in [0.2, 0.25) is 0 Å². The highest BCUT2D eigenvalue weighted by atomic mass is 16.3. The Morgan fingerprint density at radius 2 is 2.06 bits per heavy atom. The molecule has 2 saturated carbocycles. The van der Waals surface area contributed by atoms with Crippen LogP contribution in [0.4, 0.5) is 0 Å². The monoisotopic (exact) mass is 226 g/mol. The summed E-state index contributed by atoms with van der Waals surface area (Å²) in [6, 6.07) is 1.02. The van der Waals surface area contributed by atoms with Crippen LogP contribution in [0, 0.1) is 5.92 Å². The second-order valence-electron chi connectivity index (χ2n) is 5.67. The van der Waals surface area contributed by atoms with Crippen molar-refractivity contribution in [3.8, 4) is 0 Å². The molecule has 0 radical (unpaired) electrons. The molecule has 0 aromatic carbocycles. The van der Waals surface area contributed by atoms with Crippen molar-refractivity contribution in [2.75, 3.05) is 26.7 Å². The molecule has 2 rings (SSSR count). The van der Waals surface area contributed by atoms with E-state index in [1.807, 2.05) is 0 Å². The van der Waals surface area contributed by atoms with Crippen molar-refractivity contribution in [1.82, 2.24) is 10.2 Å². The smallest absolute Gasteiger partial charge is 0.0585 e. The zero-order chi connectivity index (χ0) is 11.4. The zero-order valence-corrected chi connectivity index (χ0v) is 10.5. The maximum Gasteiger partial charge on any atom is 0.0585 e. The number of nitrogens with zero attached hydrogens (tertiary/aromatic N) is 1.